The largest absolute Gasteiger partial charge is 0.310 e. The van der Waals surface area contributed by atoms with Crippen molar-refractivity contribution in [1.29, 1.82) is 0 Å². The van der Waals surface area contributed by atoms with Crippen molar-refractivity contribution in [2.45, 2.75) is 37.8 Å². The Morgan fingerprint density at radius 2 is 1.94 bits per heavy atom. The maximum Gasteiger partial charge on any atom is 0.135 e. The van der Waals surface area contributed by atoms with Crippen LogP contribution in [0.1, 0.15) is 25.7 Å². The van der Waals surface area contributed by atoms with Gasteiger partial charge in [0.2, 0.25) is 0 Å². The van der Waals surface area contributed by atoms with Gasteiger partial charge in [-0.1, -0.05) is 6.42 Å². The van der Waals surface area contributed by atoms with Crippen LogP contribution in [0.25, 0.3) is 0 Å². The normalized spacial score (nSPS) is 74.2. The van der Waals surface area contributed by atoms with Gasteiger partial charge in [0.15, 0.2) is 0 Å². The van der Waals surface area contributed by atoms with Gasteiger partial charge >= 0.3 is 0 Å². The Bertz CT molecular complexity index is 433. The summed E-state index contributed by atoms with van der Waals surface area (Å²) in [5.41, 5.74) is 0. The van der Waals surface area contributed by atoms with Gasteiger partial charge in [-0.15, -0.1) is 0 Å². The van der Waals surface area contributed by atoms with E-state index >= 15 is 0 Å². The molecule has 6 bridgehead atoms. The second kappa shape index (κ2) is 2.69. The first-order valence-corrected chi connectivity index (χ1v) is 8.34. The van der Waals surface area contributed by atoms with Gasteiger partial charge in [0, 0.05) is 30.3 Å². The molecule has 7 fully saturated rings. The average Bonchev–Trinajstić information content (AvgIpc) is 2.97. The lowest BCUT2D eigenvalue weighted by molar-refractivity contribution is -0.935. The summed E-state index contributed by atoms with van der Waals surface area (Å²) in [6, 6.07) is 2.12. The van der Waals surface area contributed by atoms with Crippen LogP contribution in [0.15, 0.2) is 0 Å². The van der Waals surface area contributed by atoms with Crippen LogP contribution in [-0.4, -0.2) is 48.3 Å². The van der Waals surface area contributed by atoms with E-state index in [2.05, 4.69) is 11.9 Å². The molecule has 0 aromatic heterocycles. The highest BCUT2D eigenvalue weighted by atomic mass is 15.5. The Labute approximate surface area is 110 Å². The molecule has 0 aromatic rings. The lowest BCUT2D eigenvalue weighted by Gasteiger charge is -2.45. The fraction of sp³-hybridized carbons (Fsp3) is 1.00. The zero-order chi connectivity index (χ0) is 11.6. The van der Waals surface area contributed by atoms with Crippen LogP contribution < -0.4 is 0 Å². The standard InChI is InChI=1S/C16H25N2/c1-18-7-10-5-9-6-17(8-18)15-11-3-2-4-12(11)16(18)14(10)13(9)15/h9-16H,2-8H2,1H3/q+1. The molecule has 4 heterocycles. The van der Waals surface area contributed by atoms with Gasteiger partial charge in [0.1, 0.15) is 6.67 Å². The third kappa shape index (κ3) is 0.816. The van der Waals surface area contributed by atoms with Crippen LogP contribution in [0.3, 0.4) is 0 Å². The van der Waals surface area contributed by atoms with Crippen molar-refractivity contribution in [2.75, 3.05) is 26.8 Å². The molecule has 3 saturated carbocycles. The highest BCUT2D eigenvalue weighted by molar-refractivity contribution is 5.17. The molecule has 18 heavy (non-hydrogen) atoms. The van der Waals surface area contributed by atoms with E-state index in [-0.39, 0.29) is 0 Å². The van der Waals surface area contributed by atoms with Gasteiger partial charge in [0.05, 0.1) is 19.6 Å². The highest BCUT2D eigenvalue weighted by Crippen LogP contribution is 2.67. The molecule has 4 aliphatic heterocycles. The van der Waals surface area contributed by atoms with Crippen molar-refractivity contribution < 1.29 is 4.48 Å². The van der Waals surface area contributed by atoms with Crippen LogP contribution in [0.2, 0.25) is 0 Å². The zero-order valence-electron chi connectivity index (χ0n) is 11.5. The predicted octanol–water partition coefficient (Wildman–Crippen LogP) is 1.77. The summed E-state index contributed by atoms with van der Waals surface area (Å²) in [5.74, 6) is 6.76. The summed E-state index contributed by atoms with van der Waals surface area (Å²) in [7, 11) is 2.62. The quantitative estimate of drug-likeness (QED) is 0.588. The topological polar surface area (TPSA) is 3.24 Å². The number of rotatable bonds is 0. The highest BCUT2D eigenvalue weighted by Gasteiger charge is 2.74. The van der Waals surface area contributed by atoms with E-state index in [0.717, 1.165) is 47.6 Å². The first-order valence-electron chi connectivity index (χ1n) is 8.34. The van der Waals surface area contributed by atoms with E-state index in [1.165, 1.54) is 24.2 Å². The zero-order valence-corrected chi connectivity index (χ0v) is 11.5. The number of hydrogen-bond donors (Lipinski definition) is 0. The van der Waals surface area contributed by atoms with E-state index in [0.29, 0.717) is 0 Å². The molecule has 0 radical (unpaired) electrons. The van der Waals surface area contributed by atoms with E-state index in [1.807, 2.05) is 0 Å². The molecule has 0 aromatic carbocycles. The lowest BCUT2D eigenvalue weighted by atomic mass is 9.64. The van der Waals surface area contributed by atoms with Gasteiger partial charge < -0.3 is 4.48 Å². The van der Waals surface area contributed by atoms with Crippen LogP contribution in [0, 0.1) is 35.5 Å². The monoisotopic (exact) mass is 245 g/mol. The third-order valence-electron chi connectivity index (χ3n) is 8.20. The first kappa shape index (κ1) is 9.77. The Morgan fingerprint density at radius 3 is 2.89 bits per heavy atom. The molecule has 0 N–H and O–H groups in total. The maximum atomic E-state index is 2.98. The molecule has 98 valence electrons. The molecule has 7 aliphatic rings. The van der Waals surface area contributed by atoms with Crippen LogP contribution >= 0.6 is 0 Å². The summed E-state index contributed by atoms with van der Waals surface area (Å²) >= 11 is 0. The minimum absolute atomic E-state index is 1.04. The van der Waals surface area contributed by atoms with Gasteiger partial charge in [-0.05, 0) is 37.0 Å². The van der Waals surface area contributed by atoms with Gasteiger partial charge in [0.25, 0.3) is 0 Å². The summed E-state index contributed by atoms with van der Waals surface area (Å²) in [4.78, 5) is 2.98. The van der Waals surface area contributed by atoms with Crippen molar-refractivity contribution in [3.05, 3.63) is 0 Å². The fourth-order valence-electron chi connectivity index (χ4n) is 8.36. The second-order valence-corrected chi connectivity index (χ2v) is 8.73. The van der Waals surface area contributed by atoms with E-state index < -0.39 is 0 Å². The average molecular weight is 245 g/mol. The van der Waals surface area contributed by atoms with Gasteiger partial charge in [-0.2, -0.15) is 0 Å². The molecular weight excluding hydrogens is 220 g/mol. The minimum Gasteiger partial charge on any atom is -0.310 e. The number of hydrogen-bond acceptors (Lipinski definition) is 1. The van der Waals surface area contributed by atoms with Crippen molar-refractivity contribution in [3.63, 3.8) is 0 Å². The fourth-order valence-corrected chi connectivity index (χ4v) is 8.36. The molecule has 3 aliphatic carbocycles. The van der Waals surface area contributed by atoms with Crippen molar-refractivity contribution in [3.8, 4) is 0 Å². The SMILES string of the molecule is C[N+]12CC3CC4CN(C1)C1C5CCCC5C2C3C41. The lowest BCUT2D eigenvalue weighted by Crippen LogP contribution is -2.57. The molecular formula is C16H25N2+. The van der Waals surface area contributed by atoms with Gasteiger partial charge in [-0.3, -0.25) is 4.90 Å². The molecule has 4 saturated heterocycles. The van der Waals surface area contributed by atoms with Crippen molar-refractivity contribution >= 4 is 0 Å². The molecule has 10 atom stereocenters. The summed E-state index contributed by atoms with van der Waals surface area (Å²) in [6.07, 6.45) is 6.30. The van der Waals surface area contributed by atoms with E-state index in [4.69, 9.17) is 0 Å². The van der Waals surface area contributed by atoms with E-state index in [1.54, 1.807) is 25.7 Å². The summed E-state index contributed by atoms with van der Waals surface area (Å²) in [6.45, 7) is 4.43. The second-order valence-electron chi connectivity index (χ2n) is 8.73. The summed E-state index contributed by atoms with van der Waals surface area (Å²) < 4.78 is 1.45. The van der Waals surface area contributed by atoms with Gasteiger partial charge in [-0.25, -0.2) is 0 Å². The number of quaternary nitrogens is 1. The molecule has 7 rings (SSSR count). The Morgan fingerprint density at radius 1 is 1.06 bits per heavy atom. The molecule has 2 nitrogen and oxygen atoms in total. The minimum atomic E-state index is 1.04. The smallest absolute Gasteiger partial charge is 0.135 e. The summed E-state index contributed by atoms with van der Waals surface area (Å²) in [5, 5.41) is 0. The van der Waals surface area contributed by atoms with Crippen LogP contribution in [0.5, 0.6) is 0 Å². The maximum absolute atomic E-state index is 2.98. The van der Waals surface area contributed by atoms with Crippen molar-refractivity contribution in [1.82, 2.24) is 4.90 Å². The molecule has 0 amide bonds. The van der Waals surface area contributed by atoms with E-state index in [9.17, 15) is 0 Å². The van der Waals surface area contributed by atoms with Crippen LogP contribution in [-0.2, 0) is 0 Å². The first-order chi connectivity index (χ1) is 8.76. The molecule has 0 spiro atoms. The number of nitrogens with zero attached hydrogens (tertiary/aromatic N) is 2. The molecule has 10 unspecified atom stereocenters. The Hall–Kier alpha value is -0.0800. The predicted molar refractivity (Wildman–Crippen MR) is 69.6 cm³/mol. The van der Waals surface area contributed by atoms with Crippen LogP contribution in [0.4, 0.5) is 0 Å². The van der Waals surface area contributed by atoms with Crippen molar-refractivity contribution in [2.24, 2.45) is 35.5 Å². The Balaban J connectivity index is 1.63. The Kier molecular flexibility index (Phi) is 1.46. The molecule has 2 heteroatoms. The third-order valence-corrected chi connectivity index (χ3v) is 8.20.